The molecule has 4 nitrogen and oxygen atoms in total. The Bertz CT molecular complexity index is 1420. The molecule has 0 fully saturated rings. The second kappa shape index (κ2) is 12.2. The Kier molecular flexibility index (Phi) is 8.60. The van der Waals surface area contributed by atoms with Gasteiger partial charge in [-0.2, -0.15) is 11.3 Å². The molecule has 0 saturated heterocycles. The van der Waals surface area contributed by atoms with Crippen LogP contribution in [0.5, 0.6) is 0 Å². The first-order valence-electron chi connectivity index (χ1n) is 12.2. The van der Waals surface area contributed by atoms with Gasteiger partial charge in [-0.15, -0.1) is 0 Å². The first-order valence-corrected chi connectivity index (χ1v) is 13.1. The van der Waals surface area contributed by atoms with Gasteiger partial charge in [0.1, 0.15) is 5.71 Å². The molecule has 4 rings (SSSR count). The first kappa shape index (κ1) is 26.0. The van der Waals surface area contributed by atoms with Crippen molar-refractivity contribution in [3.05, 3.63) is 130 Å². The number of carbonyl (C=O) groups is 2. The Labute approximate surface area is 222 Å². The van der Waals surface area contributed by atoms with Gasteiger partial charge in [0.25, 0.3) is 0 Å². The molecule has 0 radical (unpaired) electrons. The highest BCUT2D eigenvalue weighted by molar-refractivity contribution is 7.08. The number of hydrogen-bond donors (Lipinski definition) is 0. The molecule has 0 aliphatic carbocycles. The summed E-state index contributed by atoms with van der Waals surface area (Å²) in [6, 6.07) is 26.7. The van der Waals surface area contributed by atoms with Gasteiger partial charge in [0.15, 0.2) is 5.78 Å². The molecule has 0 spiro atoms. The molecule has 4 aromatic rings. The van der Waals surface area contributed by atoms with Crippen LogP contribution in [0.25, 0.3) is 5.57 Å². The molecule has 0 amide bonds. The highest BCUT2D eigenvalue weighted by Crippen LogP contribution is 2.28. The van der Waals surface area contributed by atoms with E-state index in [0.29, 0.717) is 22.7 Å². The quantitative estimate of drug-likeness (QED) is 0.132. The van der Waals surface area contributed by atoms with Gasteiger partial charge in [0.2, 0.25) is 0 Å². The zero-order chi connectivity index (χ0) is 26.2. The van der Waals surface area contributed by atoms with Crippen LogP contribution in [0, 0.1) is 0 Å². The maximum atomic E-state index is 13.2. The van der Waals surface area contributed by atoms with Gasteiger partial charge in [-0.1, -0.05) is 86.7 Å². The average Bonchev–Trinajstić information content (AvgIpc) is 3.47. The minimum Gasteiger partial charge on any atom is -0.465 e. The lowest BCUT2D eigenvalue weighted by molar-refractivity contribution is -0.132. The molecule has 5 heteroatoms. The Hall–Kier alpha value is -4.09. The number of carbonyl (C=O) groups excluding carboxylic acids is 2. The fraction of sp³-hybridized carbons (Fsp3) is 0.156. The molecule has 0 bridgehead atoms. The van der Waals surface area contributed by atoms with Crippen molar-refractivity contribution in [1.82, 2.24) is 0 Å². The number of thiophene rings is 1. The number of methoxy groups -OCH3 is 1. The fourth-order valence-corrected chi connectivity index (χ4v) is 4.67. The van der Waals surface area contributed by atoms with E-state index in [-0.39, 0.29) is 17.9 Å². The molecule has 0 aliphatic rings. The van der Waals surface area contributed by atoms with Crippen LogP contribution in [0.15, 0.2) is 107 Å². The molecule has 3 aromatic carbocycles. The van der Waals surface area contributed by atoms with Crippen LogP contribution in [0.4, 0.5) is 5.69 Å². The van der Waals surface area contributed by atoms with Gasteiger partial charge < -0.3 is 4.74 Å². The molecule has 0 aliphatic heterocycles. The number of ether oxygens (including phenoxy) is 1. The molecule has 0 saturated carbocycles. The third kappa shape index (κ3) is 6.38. The van der Waals surface area contributed by atoms with Gasteiger partial charge >= 0.3 is 5.97 Å². The molecule has 0 atom stereocenters. The van der Waals surface area contributed by atoms with Crippen molar-refractivity contribution in [1.29, 1.82) is 0 Å². The summed E-state index contributed by atoms with van der Waals surface area (Å²) >= 11 is 1.62. The third-order valence-corrected chi connectivity index (χ3v) is 6.76. The van der Waals surface area contributed by atoms with Crippen LogP contribution < -0.4 is 0 Å². The number of para-hydroxylation sites is 1. The number of aliphatic imine (C=N–C) groups is 1. The Balaban J connectivity index is 1.73. The minimum absolute atomic E-state index is 0.149. The second-order valence-electron chi connectivity index (χ2n) is 8.87. The van der Waals surface area contributed by atoms with Gasteiger partial charge in [0, 0.05) is 17.5 Å². The fourth-order valence-electron chi connectivity index (χ4n) is 4.01. The normalized spacial score (nSPS) is 12.0. The van der Waals surface area contributed by atoms with E-state index >= 15 is 0 Å². The maximum Gasteiger partial charge on any atom is 0.352 e. The summed E-state index contributed by atoms with van der Waals surface area (Å²) in [6.45, 7) is 4.34. The van der Waals surface area contributed by atoms with Gasteiger partial charge in [-0.05, 0) is 57.1 Å². The van der Waals surface area contributed by atoms with Crippen molar-refractivity contribution < 1.29 is 14.3 Å². The molecule has 37 heavy (non-hydrogen) atoms. The topological polar surface area (TPSA) is 55.7 Å². The number of ketones is 1. The molecular formula is C32H29NO3S. The largest absolute Gasteiger partial charge is 0.465 e. The third-order valence-electron chi connectivity index (χ3n) is 6.08. The van der Waals surface area contributed by atoms with Gasteiger partial charge in [-0.25, -0.2) is 9.79 Å². The lowest BCUT2D eigenvalue weighted by Crippen LogP contribution is -2.15. The van der Waals surface area contributed by atoms with Crippen LogP contribution in [0.2, 0.25) is 0 Å². The monoisotopic (exact) mass is 507 g/mol. The summed E-state index contributed by atoms with van der Waals surface area (Å²) in [7, 11) is 1.34. The molecule has 0 unspecified atom stereocenters. The van der Waals surface area contributed by atoms with Crippen molar-refractivity contribution in [2.24, 2.45) is 4.99 Å². The summed E-state index contributed by atoms with van der Waals surface area (Å²) in [5.74, 6) is -0.235. The SMILES string of the molecule is COC(=O)C(CC=C(c1ccc(C(C)C)cc1)c1ccsc1)=Nc1ccccc1C(=O)c1ccccc1. The van der Waals surface area contributed by atoms with Crippen molar-refractivity contribution in [2.75, 3.05) is 7.11 Å². The van der Waals surface area contributed by atoms with Crippen LogP contribution in [-0.2, 0) is 9.53 Å². The Morgan fingerprint density at radius 1 is 0.865 bits per heavy atom. The summed E-state index contributed by atoms with van der Waals surface area (Å²) in [4.78, 5) is 30.6. The van der Waals surface area contributed by atoms with Gasteiger partial charge in [0.05, 0.1) is 12.8 Å². The standard InChI is InChI=1S/C32H29NO3S/c1-22(2)23-13-15-24(16-14-23)27(26-19-20-37-21-26)17-18-30(32(35)36-3)33-29-12-8-7-11-28(29)31(34)25-9-5-4-6-10-25/h4-17,19-22H,18H2,1-3H3. The van der Waals surface area contributed by atoms with E-state index in [1.807, 2.05) is 29.7 Å². The Morgan fingerprint density at radius 2 is 1.57 bits per heavy atom. The highest BCUT2D eigenvalue weighted by Gasteiger charge is 2.17. The van der Waals surface area contributed by atoms with Crippen LogP contribution in [-0.4, -0.2) is 24.6 Å². The zero-order valence-electron chi connectivity index (χ0n) is 21.2. The lowest BCUT2D eigenvalue weighted by atomic mass is 9.95. The summed E-state index contributed by atoms with van der Waals surface area (Å²) in [5, 5.41) is 4.12. The number of esters is 1. The van der Waals surface area contributed by atoms with E-state index in [2.05, 4.69) is 54.6 Å². The van der Waals surface area contributed by atoms with Gasteiger partial charge in [-0.3, -0.25) is 4.79 Å². The van der Waals surface area contributed by atoms with Crippen molar-refractivity contribution in [3.8, 4) is 0 Å². The summed E-state index contributed by atoms with van der Waals surface area (Å²) in [5.41, 5.74) is 6.08. The van der Waals surface area contributed by atoms with E-state index in [1.165, 1.54) is 12.7 Å². The summed E-state index contributed by atoms with van der Waals surface area (Å²) < 4.78 is 5.06. The predicted molar refractivity (Wildman–Crippen MR) is 152 cm³/mol. The zero-order valence-corrected chi connectivity index (χ0v) is 22.0. The molecule has 1 heterocycles. The van der Waals surface area contributed by atoms with Crippen molar-refractivity contribution in [3.63, 3.8) is 0 Å². The minimum atomic E-state index is -0.530. The van der Waals surface area contributed by atoms with E-state index in [1.54, 1.807) is 47.7 Å². The lowest BCUT2D eigenvalue weighted by Gasteiger charge is -2.11. The number of benzene rings is 3. The van der Waals surface area contributed by atoms with E-state index in [9.17, 15) is 9.59 Å². The van der Waals surface area contributed by atoms with Crippen LogP contribution >= 0.6 is 11.3 Å². The van der Waals surface area contributed by atoms with Crippen molar-refractivity contribution >= 4 is 40.1 Å². The molecular weight excluding hydrogens is 478 g/mol. The number of hydrogen-bond acceptors (Lipinski definition) is 5. The first-order chi connectivity index (χ1) is 18.0. The molecule has 0 N–H and O–H groups in total. The Morgan fingerprint density at radius 3 is 2.22 bits per heavy atom. The smallest absolute Gasteiger partial charge is 0.352 e. The number of rotatable bonds is 9. The second-order valence-corrected chi connectivity index (χ2v) is 9.65. The number of nitrogens with zero attached hydrogens (tertiary/aromatic N) is 1. The average molecular weight is 508 g/mol. The maximum absolute atomic E-state index is 13.2. The highest BCUT2D eigenvalue weighted by atomic mass is 32.1. The predicted octanol–water partition coefficient (Wildman–Crippen LogP) is 7.87. The molecule has 186 valence electrons. The van der Waals surface area contributed by atoms with Crippen molar-refractivity contribution in [2.45, 2.75) is 26.2 Å². The number of allylic oxidation sites excluding steroid dienone is 1. The van der Waals surface area contributed by atoms with E-state index < -0.39 is 5.97 Å². The van der Waals surface area contributed by atoms with E-state index in [4.69, 9.17) is 4.74 Å². The summed E-state index contributed by atoms with van der Waals surface area (Å²) in [6.07, 6.45) is 2.25. The van der Waals surface area contributed by atoms with Crippen LogP contribution in [0.1, 0.15) is 58.8 Å². The van der Waals surface area contributed by atoms with Crippen LogP contribution in [0.3, 0.4) is 0 Å². The molecule has 1 aromatic heterocycles. The van der Waals surface area contributed by atoms with E-state index in [0.717, 1.165) is 16.7 Å².